The molecule has 1 unspecified atom stereocenters. The minimum atomic E-state index is -0.140. The van der Waals surface area contributed by atoms with Crippen LogP contribution in [0.4, 0.5) is 0 Å². The van der Waals surface area contributed by atoms with Crippen LogP contribution in [0.1, 0.15) is 16.6 Å². The van der Waals surface area contributed by atoms with Gasteiger partial charge in [-0.25, -0.2) is 10.4 Å². The van der Waals surface area contributed by atoms with E-state index in [2.05, 4.69) is 10.4 Å². The van der Waals surface area contributed by atoms with Gasteiger partial charge in [0.1, 0.15) is 6.04 Å². The first-order chi connectivity index (χ1) is 7.22. The molecule has 0 spiro atoms. The summed E-state index contributed by atoms with van der Waals surface area (Å²) in [5.74, 6) is 5.52. The predicted octanol–water partition coefficient (Wildman–Crippen LogP) is 1.69. The Hall–Kier alpha value is -0.880. The van der Waals surface area contributed by atoms with Crippen LogP contribution in [0.2, 0.25) is 5.02 Å². The lowest BCUT2D eigenvalue weighted by Gasteiger charge is -2.11. The summed E-state index contributed by atoms with van der Waals surface area (Å²) < 4.78 is 1.88. The summed E-state index contributed by atoms with van der Waals surface area (Å²) >= 11 is 7.61. The van der Waals surface area contributed by atoms with E-state index < -0.39 is 0 Å². The number of hydrogen-bond donors (Lipinski definition) is 2. The van der Waals surface area contributed by atoms with Gasteiger partial charge in [-0.15, -0.1) is 11.3 Å². The molecular formula is C9H11ClN4S. The van der Waals surface area contributed by atoms with Crippen LogP contribution in [0.5, 0.6) is 0 Å². The average molecular weight is 243 g/mol. The normalized spacial score (nSPS) is 13.0. The first-order valence-corrected chi connectivity index (χ1v) is 5.65. The predicted molar refractivity (Wildman–Crippen MR) is 61.7 cm³/mol. The van der Waals surface area contributed by atoms with Crippen LogP contribution in [0, 0.1) is 0 Å². The average Bonchev–Trinajstić information content (AvgIpc) is 2.79. The van der Waals surface area contributed by atoms with Gasteiger partial charge in [-0.2, -0.15) is 0 Å². The van der Waals surface area contributed by atoms with E-state index in [-0.39, 0.29) is 6.04 Å². The summed E-state index contributed by atoms with van der Waals surface area (Å²) in [5, 5.41) is 2.65. The summed E-state index contributed by atoms with van der Waals surface area (Å²) in [6.07, 6.45) is 3.65. The summed E-state index contributed by atoms with van der Waals surface area (Å²) in [6, 6.07) is 1.72. The van der Waals surface area contributed by atoms with Crippen molar-refractivity contribution in [3.63, 3.8) is 0 Å². The third-order valence-electron chi connectivity index (χ3n) is 2.09. The van der Waals surface area contributed by atoms with E-state index in [9.17, 15) is 0 Å². The molecule has 0 saturated heterocycles. The van der Waals surface area contributed by atoms with E-state index in [1.807, 2.05) is 29.3 Å². The van der Waals surface area contributed by atoms with Crippen LogP contribution in [-0.4, -0.2) is 9.55 Å². The second kappa shape index (κ2) is 4.32. The standard InChI is InChI=1S/C9H11ClN4S/c1-14-4-7(12-5-14)8(13-11)9-6(10)2-3-15-9/h2-5,8,13H,11H2,1H3. The van der Waals surface area contributed by atoms with Crippen molar-refractivity contribution in [3.8, 4) is 0 Å². The van der Waals surface area contributed by atoms with E-state index >= 15 is 0 Å². The molecule has 3 N–H and O–H groups in total. The van der Waals surface area contributed by atoms with Gasteiger partial charge in [0.15, 0.2) is 0 Å². The van der Waals surface area contributed by atoms with Gasteiger partial charge in [0, 0.05) is 18.1 Å². The highest BCUT2D eigenvalue weighted by molar-refractivity contribution is 7.10. The van der Waals surface area contributed by atoms with Crippen LogP contribution in [-0.2, 0) is 7.05 Å². The largest absolute Gasteiger partial charge is 0.340 e. The van der Waals surface area contributed by atoms with Crippen molar-refractivity contribution in [1.82, 2.24) is 15.0 Å². The van der Waals surface area contributed by atoms with Crippen LogP contribution >= 0.6 is 22.9 Å². The molecule has 0 radical (unpaired) electrons. The first kappa shape index (κ1) is 10.6. The van der Waals surface area contributed by atoms with Gasteiger partial charge in [-0.1, -0.05) is 11.6 Å². The molecule has 1 atom stereocenters. The van der Waals surface area contributed by atoms with Crippen molar-refractivity contribution >= 4 is 22.9 Å². The number of aryl methyl sites for hydroxylation is 1. The van der Waals surface area contributed by atoms with Crippen molar-refractivity contribution in [2.24, 2.45) is 12.9 Å². The lowest BCUT2D eigenvalue weighted by molar-refractivity contribution is 0.632. The highest BCUT2D eigenvalue weighted by atomic mass is 35.5. The second-order valence-electron chi connectivity index (χ2n) is 3.20. The van der Waals surface area contributed by atoms with E-state index in [0.29, 0.717) is 5.02 Å². The molecule has 2 heterocycles. The Morgan fingerprint density at radius 3 is 2.93 bits per heavy atom. The van der Waals surface area contributed by atoms with Crippen LogP contribution in [0.3, 0.4) is 0 Å². The Morgan fingerprint density at radius 1 is 1.67 bits per heavy atom. The van der Waals surface area contributed by atoms with Gasteiger partial charge in [0.25, 0.3) is 0 Å². The van der Waals surface area contributed by atoms with E-state index in [4.69, 9.17) is 17.4 Å². The van der Waals surface area contributed by atoms with Crippen molar-refractivity contribution < 1.29 is 0 Å². The number of imidazole rings is 1. The molecular weight excluding hydrogens is 232 g/mol. The lowest BCUT2D eigenvalue weighted by Crippen LogP contribution is -2.28. The monoisotopic (exact) mass is 242 g/mol. The molecule has 2 rings (SSSR count). The molecule has 0 fully saturated rings. The Kier molecular flexibility index (Phi) is 3.06. The van der Waals surface area contributed by atoms with Gasteiger partial charge in [0.2, 0.25) is 0 Å². The molecule has 6 heteroatoms. The van der Waals surface area contributed by atoms with Crippen molar-refractivity contribution in [2.45, 2.75) is 6.04 Å². The number of thiophene rings is 1. The SMILES string of the molecule is Cn1cnc(C(NN)c2sccc2Cl)c1. The van der Waals surface area contributed by atoms with Gasteiger partial charge in [0.05, 0.1) is 17.0 Å². The highest BCUT2D eigenvalue weighted by Crippen LogP contribution is 2.31. The second-order valence-corrected chi connectivity index (χ2v) is 4.55. The number of hydrazine groups is 1. The molecule has 0 aliphatic carbocycles. The Balaban J connectivity index is 2.36. The Bertz CT molecular complexity index is 450. The maximum atomic E-state index is 6.05. The first-order valence-electron chi connectivity index (χ1n) is 4.39. The summed E-state index contributed by atoms with van der Waals surface area (Å²) in [4.78, 5) is 5.24. The quantitative estimate of drug-likeness (QED) is 0.636. The van der Waals surface area contributed by atoms with E-state index in [1.54, 1.807) is 17.7 Å². The molecule has 0 aliphatic heterocycles. The van der Waals surface area contributed by atoms with Gasteiger partial charge >= 0.3 is 0 Å². The zero-order chi connectivity index (χ0) is 10.8. The zero-order valence-electron chi connectivity index (χ0n) is 8.14. The number of hydrogen-bond acceptors (Lipinski definition) is 4. The Labute approximate surface area is 96.7 Å². The fraction of sp³-hybridized carbons (Fsp3) is 0.222. The maximum Gasteiger partial charge on any atom is 0.100 e. The molecule has 0 bridgehead atoms. The number of halogens is 1. The molecule has 0 aliphatic rings. The molecule has 15 heavy (non-hydrogen) atoms. The number of aromatic nitrogens is 2. The number of nitrogens with one attached hydrogen (secondary N) is 1. The highest BCUT2D eigenvalue weighted by Gasteiger charge is 2.18. The van der Waals surface area contributed by atoms with Crippen LogP contribution < -0.4 is 11.3 Å². The fourth-order valence-electron chi connectivity index (χ4n) is 1.39. The lowest BCUT2D eigenvalue weighted by atomic mass is 10.2. The molecule has 80 valence electrons. The molecule has 0 aromatic carbocycles. The fourth-order valence-corrected chi connectivity index (χ4v) is 2.63. The van der Waals surface area contributed by atoms with Gasteiger partial charge in [-0.05, 0) is 11.4 Å². The van der Waals surface area contributed by atoms with Gasteiger partial charge in [-0.3, -0.25) is 5.84 Å². The molecule has 0 saturated carbocycles. The zero-order valence-corrected chi connectivity index (χ0v) is 9.72. The van der Waals surface area contributed by atoms with Crippen molar-refractivity contribution in [2.75, 3.05) is 0 Å². The molecule has 2 aromatic heterocycles. The number of rotatable bonds is 3. The maximum absolute atomic E-state index is 6.05. The summed E-state index contributed by atoms with van der Waals surface area (Å²) in [5.41, 5.74) is 3.59. The van der Waals surface area contributed by atoms with Crippen molar-refractivity contribution in [1.29, 1.82) is 0 Å². The van der Waals surface area contributed by atoms with E-state index in [0.717, 1.165) is 10.6 Å². The minimum absolute atomic E-state index is 0.140. The van der Waals surface area contributed by atoms with Gasteiger partial charge < -0.3 is 4.57 Å². The third-order valence-corrected chi connectivity index (χ3v) is 3.52. The number of nitrogens with two attached hydrogens (primary N) is 1. The van der Waals surface area contributed by atoms with E-state index in [1.165, 1.54) is 0 Å². The summed E-state index contributed by atoms with van der Waals surface area (Å²) in [7, 11) is 1.92. The molecule has 0 amide bonds. The minimum Gasteiger partial charge on any atom is -0.340 e. The third kappa shape index (κ3) is 2.05. The molecule has 4 nitrogen and oxygen atoms in total. The number of nitrogens with zero attached hydrogens (tertiary/aromatic N) is 2. The smallest absolute Gasteiger partial charge is 0.100 e. The molecule has 2 aromatic rings. The Morgan fingerprint density at radius 2 is 2.47 bits per heavy atom. The van der Waals surface area contributed by atoms with Crippen LogP contribution in [0.25, 0.3) is 0 Å². The topological polar surface area (TPSA) is 55.9 Å². The summed E-state index contributed by atoms with van der Waals surface area (Å²) in [6.45, 7) is 0. The van der Waals surface area contributed by atoms with Crippen molar-refractivity contribution in [3.05, 3.63) is 39.6 Å². The van der Waals surface area contributed by atoms with Crippen LogP contribution in [0.15, 0.2) is 24.0 Å².